The average Bonchev–Trinajstić information content (AvgIpc) is 2.40. The van der Waals surface area contributed by atoms with Crippen LogP contribution in [0.3, 0.4) is 0 Å². The monoisotopic (exact) mass is 311 g/mol. The molecular weight excluding hydrogens is 290 g/mol. The van der Waals surface area contributed by atoms with Crippen molar-refractivity contribution in [1.82, 2.24) is 5.32 Å². The number of carbonyl (C=O) groups excluding carboxylic acids is 1. The second-order valence-electron chi connectivity index (χ2n) is 4.68. The maximum Gasteiger partial charge on any atom is 0.327 e. The molecule has 0 aromatic heterocycles. The van der Waals surface area contributed by atoms with Crippen molar-refractivity contribution >= 4 is 23.6 Å². The van der Waals surface area contributed by atoms with Crippen molar-refractivity contribution in [3.05, 3.63) is 29.8 Å². The molecule has 21 heavy (non-hydrogen) atoms. The molecule has 6 heteroatoms. The van der Waals surface area contributed by atoms with Crippen LogP contribution in [-0.4, -0.2) is 41.1 Å². The lowest BCUT2D eigenvalue weighted by Crippen LogP contribution is -2.41. The Labute approximate surface area is 129 Å². The van der Waals surface area contributed by atoms with Gasteiger partial charge in [0.15, 0.2) is 0 Å². The van der Waals surface area contributed by atoms with Crippen LogP contribution in [0.2, 0.25) is 0 Å². The summed E-state index contributed by atoms with van der Waals surface area (Å²) in [5.41, 5.74) is 1.15. The van der Waals surface area contributed by atoms with Crippen molar-refractivity contribution in [1.29, 1.82) is 0 Å². The zero-order valence-corrected chi connectivity index (χ0v) is 13.1. The van der Waals surface area contributed by atoms with E-state index in [1.807, 2.05) is 31.2 Å². The lowest BCUT2D eigenvalue weighted by molar-refractivity contribution is -0.140. The van der Waals surface area contributed by atoms with Gasteiger partial charge in [-0.15, -0.1) is 0 Å². The number of aliphatic carboxylic acids is 1. The van der Waals surface area contributed by atoms with Crippen LogP contribution in [-0.2, 0) is 9.59 Å². The average molecular weight is 311 g/mol. The third-order valence-corrected chi connectivity index (χ3v) is 3.80. The molecule has 0 spiro atoms. The van der Waals surface area contributed by atoms with Crippen LogP contribution in [0, 0.1) is 6.92 Å². The lowest BCUT2D eigenvalue weighted by atomic mass is 10.2. The van der Waals surface area contributed by atoms with Gasteiger partial charge in [0.1, 0.15) is 11.8 Å². The number of carbonyl (C=O) groups is 2. The number of carboxylic acid groups (broad SMARTS) is 1. The molecular formula is C15H21NO4S. The topological polar surface area (TPSA) is 75.6 Å². The van der Waals surface area contributed by atoms with Gasteiger partial charge in [-0.3, -0.25) is 4.79 Å². The SMILES string of the molecule is CC(=O)N[C@@H](CSCCCOc1cccc(C)c1)C(=O)O. The minimum absolute atomic E-state index is 0.328. The van der Waals surface area contributed by atoms with E-state index in [0.717, 1.165) is 23.5 Å². The van der Waals surface area contributed by atoms with Crippen molar-refractivity contribution in [2.75, 3.05) is 18.1 Å². The summed E-state index contributed by atoms with van der Waals surface area (Å²) in [6.45, 7) is 3.92. The van der Waals surface area contributed by atoms with Crippen molar-refractivity contribution < 1.29 is 19.4 Å². The quantitative estimate of drug-likeness (QED) is 0.683. The zero-order chi connectivity index (χ0) is 15.7. The summed E-state index contributed by atoms with van der Waals surface area (Å²) in [7, 11) is 0. The number of thioether (sulfide) groups is 1. The van der Waals surface area contributed by atoms with Crippen LogP contribution in [0.5, 0.6) is 5.75 Å². The first-order valence-corrected chi connectivity index (χ1v) is 7.91. The predicted octanol–water partition coefficient (Wildman–Crippen LogP) is 2.09. The van der Waals surface area contributed by atoms with E-state index < -0.39 is 12.0 Å². The molecule has 1 aromatic rings. The summed E-state index contributed by atoms with van der Waals surface area (Å²) in [6.07, 6.45) is 0.824. The van der Waals surface area contributed by atoms with E-state index in [1.54, 1.807) is 0 Å². The molecule has 0 bridgehead atoms. The molecule has 0 aliphatic rings. The van der Waals surface area contributed by atoms with Gasteiger partial charge in [0, 0.05) is 12.7 Å². The third-order valence-electron chi connectivity index (χ3n) is 2.65. The number of aryl methyl sites for hydroxylation is 1. The van der Waals surface area contributed by atoms with Crippen LogP contribution in [0.1, 0.15) is 18.9 Å². The maximum absolute atomic E-state index is 10.9. The van der Waals surface area contributed by atoms with Gasteiger partial charge in [0.05, 0.1) is 6.61 Å². The summed E-state index contributed by atoms with van der Waals surface area (Å²) in [5, 5.41) is 11.4. The Morgan fingerprint density at radius 1 is 1.43 bits per heavy atom. The highest BCUT2D eigenvalue weighted by Crippen LogP contribution is 2.13. The van der Waals surface area contributed by atoms with E-state index in [4.69, 9.17) is 9.84 Å². The largest absolute Gasteiger partial charge is 0.494 e. The summed E-state index contributed by atoms with van der Waals surface area (Å²) < 4.78 is 5.61. The first kappa shape index (κ1) is 17.4. The molecule has 0 saturated heterocycles. The maximum atomic E-state index is 10.9. The van der Waals surface area contributed by atoms with Crippen molar-refractivity contribution in [2.45, 2.75) is 26.3 Å². The van der Waals surface area contributed by atoms with Crippen LogP contribution >= 0.6 is 11.8 Å². The number of benzene rings is 1. The van der Waals surface area contributed by atoms with E-state index in [-0.39, 0.29) is 5.91 Å². The molecule has 1 rings (SSSR count). The molecule has 2 N–H and O–H groups in total. The molecule has 0 saturated carbocycles. The number of carboxylic acids is 1. The summed E-state index contributed by atoms with van der Waals surface area (Å²) >= 11 is 1.49. The van der Waals surface area contributed by atoms with Crippen LogP contribution in [0.15, 0.2) is 24.3 Å². The molecule has 1 atom stereocenters. The molecule has 116 valence electrons. The molecule has 0 aliphatic carbocycles. The van der Waals surface area contributed by atoms with Crippen molar-refractivity contribution in [2.24, 2.45) is 0 Å². The summed E-state index contributed by atoms with van der Waals surface area (Å²) in [4.78, 5) is 21.8. The molecule has 0 heterocycles. The van der Waals surface area contributed by atoms with E-state index in [0.29, 0.717) is 12.4 Å². The van der Waals surface area contributed by atoms with Gasteiger partial charge in [-0.05, 0) is 36.8 Å². The van der Waals surface area contributed by atoms with E-state index in [1.165, 1.54) is 18.7 Å². The highest BCUT2D eigenvalue weighted by atomic mass is 32.2. The molecule has 0 radical (unpaired) electrons. The van der Waals surface area contributed by atoms with Crippen molar-refractivity contribution in [3.8, 4) is 5.75 Å². The number of rotatable bonds is 9. The van der Waals surface area contributed by atoms with E-state index in [2.05, 4.69) is 5.32 Å². The Hall–Kier alpha value is -1.69. The molecule has 0 aliphatic heterocycles. The Bertz CT molecular complexity index is 478. The summed E-state index contributed by atoms with van der Waals surface area (Å²) in [6, 6.07) is 7.02. The first-order valence-electron chi connectivity index (χ1n) is 6.76. The van der Waals surface area contributed by atoms with Gasteiger partial charge < -0.3 is 15.2 Å². The Morgan fingerprint density at radius 2 is 2.19 bits per heavy atom. The number of hydrogen-bond donors (Lipinski definition) is 2. The normalized spacial score (nSPS) is 11.7. The van der Waals surface area contributed by atoms with Crippen LogP contribution < -0.4 is 10.1 Å². The molecule has 1 amide bonds. The predicted molar refractivity (Wildman–Crippen MR) is 83.9 cm³/mol. The highest BCUT2D eigenvalue weighted by molar-refractivity contribution is 7.99. The van der Waals surface area contributed by atoms with E-state index >= 15 is 0 Å². The van der Waals surface area contributed by atoms with Gasteiger partial charge in [-0.25, -0.2) is 4.79 Å². The smallest absolute Gasteiger partial charge is 0.327 e. The second kappa shape index (κ2) is 9.28. The van der Waals surface area contributed by atoms with Gasteiger partial charge in [-0.1, -0.05) is 12.1 Å². The van der Waals surface area contributed by atoms with Gasteiger partial charge >= 0.3 is 5.97 Å². The first-order chi connectivity index (χ1) is 9.99. The second-order valence-corrected chi connectivity index (χ2v) is 5.83. The van der Waals surface area contributed by atoms with Crippen LogP contribution in [0.4, 0.5) is 0 Å². The third kappa shape index (κ3) is 7.60. The Morgan fingerprint density at radius 3 is 2.81 bits per heavy atom. The fraction of sp³-hybridized carbons (Fsp3) is 0.467. The lowest BCUT2D eigenvalue weighted by Gasteiger charge is -2.12. The minimum atomic E-state index is -1.01. The van der Waals surface area contributed by atoms with Crippen LogP contribution in [0.25, 0.3) is 0 Å². The molecule has 1 aromatic carbocycles. The minimum Gasteiger partial charge on any atom is -0.494 e. The van der Waals surface area contributed by atoms with Crippen molar-refractivity contribution in [3.63, 3.8) is 0 Å². The standard InChI is InChI=1S/C15H21NO4S/c1-11-5-3-6-13(9-11)20-7-4-8-21-10-14(15(18)19)16-12(2)17/h3,5-6,9,14H,4,7-8,10H2,1-2H3,(H,16,17)(H,18,19)/t14-/m0/s1. The Balaban J connectivity index is 2.16. The highest BCUT2D eigenvalue weighted by Gasteiger charge is 2.17. The number of amides is 1. The van der Waals surface area contributed by atoms with Gasteiger partial charge in [0.2, 0.25) is 5.91 Å². The summed E-state index contributed by atoms with van der Waals surface area (Å²) in [5.74, 6) is 0.662. The van der Waals surface area contributed by atoms with Gasteiger partial charge in [0.25, 0.3) is 0 Å². The number of nitrogens with one attached hydrogen (secondary N) is 1. The number of ether oxygens (including phenoxy) is 1. The molecule has 0 unspecified atom stereocenters. The molecule has 0 fully saturated rings. The fourth-order valence-corrected chi connectivity index (χ4v) is 2.63. The van der Waals surface area contributed by atoms with E-state index in [9.17, 15) is 9.59 Å². The zero-order valence-electron chi connectivity index (χ0n) is 12.3. The fourth-order valence-electron chi connectivity index (χ4n) is 1.68. The number of hydrogen-bond acceptors (Lipinski definition) is 4. The molecule has 5 nitrogen and oxygen atoms in total. The Kier molecular flexibility index (Phi) is 7.68. The van der Waals surface area contributed by atoms with Gasteiger partial charge in [-0.2, -0.15) is 11.8 Å².